The van der Waals surface area contributed by atoms with E-state index >= 15 is 0 Å². The second-order valence-electron chi connectivity index (χ2n) is 6.37. The highest BCUT2D eigenvalue weighted by molar-refractivity contribution is 7.14. The van der Waals surface area contributed by atoms with Gasteiger partial charge in [-0.1, -0.05) is 56.2 Å². The number of nitrogens with zero attached hydrogens (tertiary/aromatic N) is 2. The van der Waals surface area contributed by atoms with E-state index in [2.05, 4.69) is 29.4 Å². The van der Waals surface area contributed by atoms with Gasteiger partial charge >= 0.3 is 0 Å². The average Bonchev–Trinajstić information content (AvgIpc) is 3.16. The number of rotatable bonds is 11. The fourth-order valence-corrected chi connectivity index (χ4v) is 3.49. The number of hydrogen-bond donors (Lipinski definition) is 2. The number of thiazole rings is 1. The van der Waals surface area contributed by atoms with Crippen molar-refractivity contribution in [3.05, 3.63) is 59.6 Å². The molecule has 0 unspecified atom stereocenters. The van der Waals surface area contributed by atoms with Crippen LogP contribution in [0.25, 0.3) is 5.57 Å². The van der Waals surface area contributed by atoms with Crippen LogP contribution in [-0.4, -0.2) is 35.7 Å². The first-order chi connectivity index (χ1) is 13.7. The smallest absolute Gasteiger partial charge is 0.245 e. The molecule has 1 amide bonds. The Kier molecular flexibility index (Phi) is 9.45. The van der Waals surface area contributed by atoms with Crippen LogP contribution in [0.1, 0.15) is 38.8 Å². The number of aliphatic hydroxyl groups excluding tert-OH is 1. The van der Waals surface area contributed by atoms with Crippen LogP contribution >= 0.6 is 11.3 Å². The molecule has 1 heterocycles. The predicted molar refractivity (Wildman–Crippen MR) is 119 cm³/mol. The van der Waals surface area contributed by atoms with Gasteiger partial charge in [-0.3, -0.25) is 4.79 Å². The zero-order valence-corrected chi connectivity index (χ0v) is 17.4. The van der Waals surface area contributed by atoms with E-state index < -0.39 is 0 Å². The number of carbonyl (C=O) groups excluding carboxylic acids is 1. The van der Waals surface area contributed by atoms with E-state index in [1.807, 2.05) is 53.6 Å². The van der Waals surface area contributed by atoms with Gasteiger partial charge in [-0.25, -0.2) is 4.98 Å². The van der Waals surface area contributed by atoms with Gasteiger partial charge in [0.05, 0.1) is 18.8 Å². The Hall–Kier alpha value is -2.44. The number of amides is 1. The van der Waals surface area contributed by atoms with Crippen molar-refractivity contribution in [1.82, 2.24) is 4.98 Å². The first-order valence-corrected chi connectivity index (χ1v) is 10.5. The van der Waals surface area contributed by atoms with E-state index in [9.17, 15) is 9.90 Å². The van der Waals surface area contributed by atoms with Crippen molar-refractivity contribution in [2.75, 3.05) is 29.9 Å². The van der Waals surface area contributed by atoms with Crippen LogP contribution in [0.3, 0.4) is 0 Å². The summed E-state index contributed by atoms with van der Waals surface area (Å²) >= 11 is 1.42. The Balaban J connectivity index is 2.03. The Morgan fingerprint density at radius 3 is 2.79 bits per heavy atom. The number of anilines is 2. The highest BCUT2D eigenvalue weighted by atomic mass is 32.1. The molecule has 0 fully saturated rings. The quantitative estimate of drug-likeness (QED) is 0.423. The third kappa shape index (κ3) is 6.94. The van der Waals surface area contributed by atoms with Crippen LogP contribution in [0.2, 0.25) is 0 Å². The molecule has 28 heavy (non-hydrogen) atoms. The van der Waals surface area contributed by atoms with Crippen molar-refractivity contribution in [2.45, 2.75) is 33.1 Å². The predicted octanol–water partition coefficient (Wildman–Crippen LogP) is 4.73. The van der Waals surface area contributed by atoms with Crippen molar-refractivity contribution in [2.24, 2.45) is 0 Å². The average molecular weight is 400 g/mol. The molecule has 2 rings (SSSR count). The fraction of sp³-hybridized carbons (Fsp3) is 0.364. The van der Waals surface area contributed by atoms with Gasteiger partial charge in [0.1, 0.15) is 0 Å². The molecule has 0 saturated heterocycles. The van der Waals surface area contributed by atoms with Crippen molar-refractivity contribution in [3.8, 4) is 0 Å². The molecule has 2 aromatic rings. The Morgan fingerprint density at radius 2 is 2.11 bits per heavy atom. The molecular formula is C22H29N3O2S. The lowest BCUT2D eigenvalue weighted by Crippen LogP contribution is -2.35. The monoisotopic (exact) mass is 399 g/mol. The highest BCUT2D eigenvalue weighted by Crippen LogP contribution is 2.23. The molecule has 0 aliphatic rings. The summed E-state index contributed by atoms with van der Waals surface area (Å²) in [5, 5.41) is 14.7. The molecule has 0 aliphatic carbocycles. The van der Waals surface area contributed by atoms with Crippen molar-refractivity contribution >= 4 is 33.6 Å². The van der Waals surface area contributed by atoms with Crippen molar-refractivity contribution < 1.29 is 9.90 Å². The number of aliphatic hydroxyl groups is 1. The number of nitrogens with one attached hydrogen (secondary N) is 1. The van der Waals surface area contributed by atoms with Crippen LogP contribution in [0.5, 0.6) is 0 Å². The number of allylic oxidation sites excluding steroid dienone is 4. The third-order valence-electron chi connectivity index (χ3n) is 4.14. The fourth-order valence-electron chi connectivity index (χ4n) is 2.75. The van der Waals surface area contributed by atoms with Gasteiger partial charge in [-0.05, 0) is 31.1 Å². The first kappa shape index (κ1) is 21.9. The normalized spacial score (nSPS) is 11.8. The van der Waals surface area contributed by atoms with Gasteiger partial charge in [-0.15, -0.1) is 11.3 Å². The molecule has 150 valence electrons. The van der Waals surface area contributed by atoms with E-state index in [-0.39, 0.29) is 19.1 Å². The van der Waals surface area contributed by atoms with E-state index in [1.54, 1.807) is 0 Å². The Morgan fingerprint density at radius 1 is 1.32 bits per heavy atom. The van der Waals surface area contributed by atoms with E-state index in [1.165, 1.54) is 11.3 Å². The van der Waals surface area contributed by atoms with Gasteiger partial charge < -0.3 is 15.3 Å². The molecule has 0 atom stereocenters. The number of benzene rings is 1. The standard InChI is InChI=1S/C22H29N3O2S/c1-3-5-7-11-18(10-4-2)20-17-28-22(23-20)24-21(27)16-25(14-15-26)19-12-8-6-9-13-19/h4,6,8-13,17,26H,3,5,7,14-16H2,1-2H3,(H,23,24,27)/b10-4-,18-11+. The number of carbonyl (C=O) groups is 1. The molecule has 2 N–H and O–H groups in total. The van der Waals surface area contributed by atoms with Gasteiger partial charge in [0.25, 0.3) is 0 Å². The zero-order valence-electron chi connectivity index (χ0n) is 16.6. The summed E-state index contributed by atoms with van der Waals surface area (Å²) in [6.07, 6.45) is 9.57. The van der Waals surface area contributed by atoms with Crippen LogP contribution < -0.4 is 10.2 Å². The topological polar surface area (TPSA) is 65.5 Å². The van der Waals surface area contributed by atoms with Gasteiger partial charge in [0.15, 0.2) is 5.13 Å². The van der Waals surface area contributed by atoms with Crippen LogP contribution in [-0.2, 0) is 4.79 Å². The summed E-state index contributed by atoms with van der Waals surface area (Å²) < 4.78 is 0. The van der Waals surface area contributed by atoms with Crippen LogP contribution in [0.4, 0.5) is 10.8 Å². The lowest BCUT2D eigenvalue weighted by atomic mass is 10.1. The van der Waals surface area contributed by atoms with E-state index in [0.717, 1.165) is 36.2 Å². The molecule has 0 saturated carbocycles. The molecule has 0 bridgehead atoms. The second kappa shape index (κ2) is 12.1. The Labute approximate surface area is 171 Å². The van der Waals surface area contributed by atoms with Gasteiger partial charge in [0, 0.05) is 17.6 Å². The summed E-state index contributed by atoms with van der Waals surface area (Å²) in [6, 6.07) is 9.61. The summed E-state index contributed by atoms with van der Waals surface area (Å²) in [5.41, 5.74) is 2.87. The molecule has 0 aliphatic heterocycles. The summed E-state index contributed by atoms with van der Waals surface area (Å²) in [6.45, 7) is 4.70. The second-order valence-corrected chi connectivity index (χ2v) is 7.23. The number of hydrogen-bond acceptors (Lipinski definition) is 5. The third-order valence-corrected chi connectivity index (χ3v) is 4.90. The van der Waals surface area contributed by atoms with Gasteiger partial charge in [-0.2, -0.15) is 0 Å². The molecule has 0 spiro atoms. The van der Waals surface area contributed by atoms with E-state index in [4.69, 9.17) is 0 Å². The first-order valence-electron chi connectivity index (χ1n) is 9.67. The summed E-state index contributed by atoms with van der Waals surface area (Å²) in [5.74, 6) is -0.152. The van der Waals surface area contributed by atoms with Crippen LogP contribution in [0.15, 0.2) is 53.9 Å². The minimum Gasteiger partial charge on any atom is -0.395 e. The SMILES string of the molecule is C/C=C\C(=C/CCCC)c1csc(NC(=O)CN(CCO)c2ccccc2)n1. The molecule has 6 heteroatoms. The summed E-state index contributed by atoms with van der Waals surface area (Å²) in [4.78, 5) is 18.9. The molecule has 0 radical (unpaired) electrons. The van der Waals surface area contributed by atoms with Crippen LogP contribution in [0, 0.1) is 0 Å². The zero-order chi connectivity index (χ0) is 20.2. The lowest BCUT2D eigenvalue weighted by molar-refractivity contribution is -0.115. The number of para-hydroxylation sites is 1. The summed E-state index contributed by atoms with van der Waals surface area (Å²) in [7, 11) is 0. The maximum Gasteiger partial charge on any atom is 0.245 e. The van der Waals surface area contributed by atoms with Gasteiger partial charge in [0.2, 0.25) is 5.91 Å². The van der Waals surface area contributed by atoms with Crippen molar-refractivity contribution in [1.29, 1.82) is 0 Å². The Bertz CT molecular complexity index is 784. The molecular weight excluding hydrogens is 370 g/mol. The van der Waals surface area contributed by atoms with E-state index in [0.29, 0.717) is 11.7 Å². The highest BCUT2D eigenvalue weighted by Gasteiger charge is 2.13. The number of aromatic nitrogens is 1. The van der Waals surface area contributed by atoms with Crippen molar-refractivity contribution in [3.63, 3.8) is 0 Å². The maximum absolute atomic E-state index is 12.5. The maximum atomic E-state index is 12.5. The largest absolute Gasteiger partial charge is 0.395 e. The molecule has 1 aromatic heterocycles. The molecule has 1 aromatic carbocycles. The number of unbranched alkanes of at least 4 members (excludes halogenated alkanes) is 2. The minimum absolute atomic E-state index is 0.0150. The lowest BCUT2D eigenvalue weighted by Gasteiger charge is -2.22. The minimum atomic E-state index is -0.152. The molecule has 5 nitrogen and oxygen atoms in total.